The fourth-order valence-electron chi connectivity index (χ4n) is 5.60. The van der Waals surface area contributed by atoms with Crippen LogP contribution in [-0.4, -0.2) is 104 Å². The minimum atomic E-state index is -4.02. The van der Waals surface area contributed by atoms with Gasteiger partial charge in [-0.15, -0.1) is 0 Å². The lowest BCUT2D eigenvalue weighted by Crippen LogP contribution is -2.36. The zero-order valence-electron chi connectivity index (χ0n) is 23.5. The third-order valence-corrected chi connectivity index (χ3v) is 9.71. The normalized spacial score (nSPS) is 36.0. The summed E-state index contributed by atoms with van der Waals surface area (Å²) in [5, 5.41) is 0. The number of anilines is 2. The monoisotopic (exact) mass is 670 g/mol. The summed E-state index contributed by atoms with van der Waals surface area (Å²) in [7, 11) is -4.87. The van der Waals surface area contributed by atoms with Gasteiger partial charge in [0, 0.05) is 7.11 Å². The van der Waals surface area contributed by atoms with Gasteiger partial charge < -0.3 is 39.2 Å². The lowest BCUT2D eigenvalue weighted by molar-refractivity contribution is -0.0573. The van der Waals surface area contributed by atoms with Crippen molar-refractivity contribution in [3.63, 3.8) is 0 Å². The molecule has 7 heterocycles. The Hall–Kier alpha value is -3.33. The van der Waals surface area contributed by atoms with Crippen LogP contribution in [0.1, 0.15) is 12.5 Å². The molecule has 4 aromatic rings. The second-order valence-electron chi connectivity index (χ2n) is 10.4. The van der Waals surface area contributed by atoms with Gasteiger partial charge in [0.25, 0.3) is 20.6 Å². The zero-order chi connectivity index (χ0) is 31.6. The van der Waals surface area contributed by atoms with Crippen molar-refractivity contribution < 1.29 is 45.8 Å². The van der Waals surface area contributed by atoms with Gasteiger partial charge in [-0.05, 0) is 0 Å². The number of halogens is 1. The van der Waals surface area contributed by atoms with E-state index in [0.717, 1.165) is 0 Å². The predicted molar refractivity (Wildman–Crippen MR) is 153 cm³/mol. The number of nitrogen functional groups attached to an aromatic ring is 2. The number of aromatic nitrogens is 8. The van der Waals surface area contributed by atoms with Gasteiger partial charge in [0.2, 0.25) is 5.95 Å². The maximum Gasteiger partial charge on any atom is 0.319 e. The number of nitrogens with one attached hydrogen (secondary N) is 1. The molecule has 3 fully saturated rings. The standard InChI is InChI=1S/C21H26BFN10O10P2/c1-37-13-8-3-39-45(22,36)43-12-7(40-19(9(12)23)32-5-28-10-15(24)26-4-27-16(10)32)2-38-44(35)42-14(13)20(41-8)33-6-29-11-17(33)30-21(25)31-18(11)34/h4-9,12-14,19-20,44H,2-3,22H2,1H3,(H2,24,26,27)(H3,25,30,31,34)/t7?,8?,9?,12?,13?,14?,19?,20?,45-/m0/s1. The smallest absolute Gasteiger partial charge is 0.319 e. The van der Waals surface area contributed by atoms with Crippen LogP contribution in [0.15, 0.2) is 23.8 Å². The number of nitrogens with zero attached hydrogens (tertiary/aromatic N) is 7. The highest BCUT2D eigenvalue weighted by molar-refractivity contribution is 7.79. The molecule has 240 valence electrons. The molecule has 3 saturated heterocycles. The highest BCUT2D eigenvalue weighted by Crippen LogP contribution is 2.51. The van der Waals surface area contributed by atoms with E-state index in [-0.39, 0.29) is 40.7 Å². The van der Waals surface area contributed by atoms with Gasteiger partial charge in [-0.25, -0.2) is 24.3 Å². The number of ether oxygens (including phenoxy) is 3. The molecule has 0 radical (unpaired) electrons. The highest BCUT2D eigenvalue weighted by Gasteiger charge is 2.52. The average molecular weight is 670 g/mol. The molecular formula is C21H26BFN10O10P2. The highest BCUT2D eigenvalue weighted by atomic mass is 31.2. The Bertz CT molecular complexity index is 1900. The van der Waals surface area contributed by atoms with Crippen molar-refractivity contribution in [2.24, 2.45) is 0 Å². The molecule has 5 N–H and O–H groups in total. The summed E-state index contributed by atoms with van der Waals surface area (Å²) in [5.74, 6) is -0.0954. The van der Waals surface area contributed by atoms with Crippen molar-refractivity contribution in [1.29, 1.82) is 0 Å². The molecule has 3 aliphatic rings. The summed E-state index contributed by atoms with van der Waals surface area (Å²) in [4.78, 5) is 35.1. The summed E-state index contributed by atoms with van der Waals surface area (Å²) in [6.45, 7) is -0.877. The lowest BCUT2D eigenvalue weighted by Gasteiger charge is -2.25. The maximum atomic E-state index is 16.0. The van der Waals surface area contributed by atoms with Gasteiger partial charge in [-0.1, -0.05) is 0 Å². The summed E-state index contributed by atoms with van der Waals surface area (Å²) in [6.07, 6.45) is -6.48. The number of hydrogen-bond donors (Lipinski definition) is 3. The molecule has 45 heavy (non-hydrogen) atoms. The van der Waals surface area contributed by atoms with Crippen LogP contribution in [-0.2, 0) is 41.4 Å². The Balaban J connectivity index is 1.20. The van der Waals surface area contributed by atoms with Crippen LogP contribution in [0.25, 0.3) is 22.3 Å². The summed E-state index contributed by atoms with van der Waals surface area (Å²) >= 11 is 0. The lowest BCUT2D eigenvalue weighted by atomic mass is 10.1. The Morgan fingerprint density at radius 2 is 1.80 bits per heavy atom. The van der Waals surface area contributed by atoms with E-state index < -0.39 is 77.0 Å². The van der Waals surface area contributed by atoms with Crippen LogP contribution in [0.2, 0.25) is 0 Å². The molecule has 24 heteroatoms. The largest absolute Gasteiger partial charge is 0.382 e. The Morgan fingerprint density at radius 1 is 1.07 bits per heavy atom. The number of methoxy groups -OCH3 is 1. The molecule has 0 spiro atoms. The number of fused-ring (bicyclic) bond motifs is 5. The number of hydrogen-bond acceptors (Lipinski definition) is 17. The molecule has 3 aliphatic heterocycles. The van der Waals surface area contributed by atoms with Crippen LogP contribution >= 0.6 is 15.7 Å². The SMILES string of the molecule is B[P@]1(=O)OCC2OC(n3cnc4c(=O)[nH]c(N)nc43)C(O[PH](=O)OCC3OC(n4cnc5c(N)ncnc54)C(F)C3O1)C2OC. The van der Waals surface area contributed by atoms with Gasteiger partial charge >= 0.3 is 8.25 Å². The number of alkyl halides is 1. The Labute approximate surface area is 252 Å². The van der Waals surface area contributed by atoms with Crippen LogP contribution in [0.5, 0.6) is 0 Å². The number of imidazole rings is 2. The summed E-state index contributed by atoms with van der Waals surface area (Å²) in [5.41, 5.74) is 11.4. The van der Waals surface area contributed by atoms with Gasteiger partial charge in [0.15, 0.2) is 41.3 Å². The van der Waals surface area contributed by atoms with E-state index in [1.807, 2.05) is 0 Å². The zero-order valence-corrected chi connectivity index (χ0v) is 25.4. The second-order valence-corrected chi connectivity index (χ2v) is 13.4. The van der Waals surface area contributed by atoms with Crippen molar-refractivity contribution in [3.05, 3.63) is 29.3 Å². The topological polar surface area (TPSA) is 258 Å². The third-order valence-electron chi connectivity index (χ3n) is 7.59. The van der Waals surface area contributed by atoms with Crippen molar-refractivity contribution >= 4 is 57.4 Å². The minimum Gasteiger partial charge on any atom is -0.382 e. The fourth-order valence-corrected chi connectivity index (χ4v) is 7.61. The van der Waals surface area contributed by atoms with Crippen molar-refractivity contribution in [1.82, 2.24) is 39.0 Å². The number of nitrogens with two attached hydrogens (primary N) is 2. The van der Waals surface area contributed by atoms with Gasteiger partial charge in [0.1, 0.15) is 42.4 Å². The van der Waals surface area contributed by atoms with E-state index >= 15 is 4.39 Å². The minimum absolute atomic E-state index is 0.0374. The van der Waals surface area contributed by atoms with Crippen molar-refractivity contribution in [3.8, 4) is 0 Å². The first-order valence-corrected chi connectivity index (χ1v) is 16.6. The van der Waals surface area contributed by atoms with E-state index in [1.165, 1.54) is 42.8 Å². The van der Waals surface area contributed by atoms with E-state index in [9.17, 15) is 13.9 Å². The van der Waals surface area contributed by atoms with Crippen molar-refractivity contribution in [2.75, 3.05) is 31.8 Å². The molecule has 4 aromatic heterocycles. The Morgan fingerprint density at radius 3 is 2.58 bits per heavy atom. The molecule has 0 aliphatic carbocycles. The number of H-pyrrole nitrogens is 1. The number of rotatable bonds is 3. The van der Waals surface area contributed by atoms with Crippen LogP contribution in [0.3, 0.4) is 0 Å². The predicted octanol–water partition coefficient (Wildman–Crippen LogP) is -0.780. The molecule has 9 unspecified atom stereocenters. The van der Waals surface area contributed by atoms with E-state index in [2.05, 4.69) is 29.9 Å². The van der Waals surface area contributed by atoms with Crippen LogP contribution < -0.4 is 17.0 Å². The first kappa shape index (κ1) is 30.3. The molecule has 0 saturated carbocycles. The molecule has 2 bridgehead atoms. The Kier molecular flexibility index (Phi) is 7.74. The first-order valence-electron chi connectivity index (χ1n) is 13.4. The fraction of sp³-hybridized carbons (Fsp3) is 0.524. The van der Waals surface area contributed by atoms with Crippen molar-refractivity contribution in [2.45, 2.75) is 49.1 Å². The second kappa shape index (κ2) is 11.5. The summed E-state index contributed by atoms with van der Waals surface area (Å²) < 4.78 is 85.9. The first-order chi connectivity index (χ1) is 21.5. The van der Waals surface area contributed by atoms with Gasteiger partial charge in [-0.3, -0.25) is 32.6 Å². The van der Waals surface area contributed by atoms with Gasteiger partial charge in [0.05, 0.1) is 25.9 Å². The number of aromatic amines is 1. The molecular weight excluding hydrogens is 644 g/mol. The quantitative estimate of drug-likeness (QED) is 0.178. The van der Waals surface area contributed by atoms with Crippen LogP contribution in [0, 0.1) is 0 Å². The van der Waals surface area contributed by atoms with E-state index in [0.29, 0.717) is 0 Å². The maximum absolute atomic E-state index is 16.0. The van der Waals surface area contributed by atoms with Crippen LogP contribution in [0.4, 0.5) is 16.2 Å². The van der Waals surface area contributed by atoms with E-state index in [1.54, 1.807) is 0 Å². The summed E-state index contributed by atoms with van der Waals surface area (Å²) in [6, 6.07) is 0. The molecule has 10 atom stereocenters. The molecule has 0 aromatic carbocycles. The average Bonchev–Trinajstić information content (AvgIpc) is 3.75. The molecule has 0 amide bonds. The molecule has 7 rings (SSSR count). The van der Waals surface area contributed by atoms with E-state index in [4.69, 9.17) is 43.8 Å². The third kappa shape index (κ3) is 5.35. The molecule has 20 nitrogen and oxygen atoms in total. The van der Waals surface area contributed by atoms with Gasteiger partial charge in [-0.2, -0.15) is 4.98 Å².